The van der Waals surface area contributed by atoms with E-state index in [9.17, 15) is 0 Å². The van der Waals surface area contributed by atoms with Crippen LogP contribution in [-0.4, -0.2) is 30.0 Å². The molecule has 0 unspecified atom stereocenters. The molecule has 0 spiro atoms. The summed E-state index contributed by atoms with van der Waals surface area (Å²) in [7, 11) is 2.20. The molecule has 0 amide bonds. The van der Waals surface area contributed by atoms with Crippen LogP contribution in [0.1, 0.15) is 38.2 Å². The van der Waals surface area contributed by atoms with Gasteiger partial charge in [-0.2, -0.15) is 0 Å². The van der Waals surface area contributed by atoms with Gasteiger partial charge in [0.05, 0.1) is 0 Å². The van der Waals surface area contributed by atoms with Crippen molar-refractivity contribution in [2.45, 2.75) is 32.6 Å². The molecule has 0 radical (unpaired) electrons. The molecule has 1 fully saturated rings. The van der Waals surface area contributed by atoms with E-state index in [0.717, 1.165) is 5.92 Å². The predicted molar refractivity (Wildman–Crippen MR) is 65.1 cm³/mol. The van der Waals surface area contributed by atoms with E-state index in [2.05, 4.69) is 29.1 Å². The molecule has 2 rings (SSSR count). The summed E-state index contributed by atoms with van der Waals surface area (Å²) < 4.78 is 0. The summed E-state index contributed by atoms with van der Waals surface area (Å²) in [6, 6.07) is 4.30. The minimum Gasteiger partial charge on any atom is -0.306 e. The van der Waals surface area contributed by atoms with Gasteiger partial charge in [0.15, 0.2) is 0 Å². The van der Waals surface area contributed by atoms with Crippen LogP contribution in [0.5, 0.6) is 0 Å². The van der Waals surface area contributed by atoms with Gasteiger partial charge in [-0.15, -0.1) is 0 Å². The number of aromatic nitrogens is 1. The molecular weight excluding hydrogens is 184 g/mol. The van der Waals surface area contributed by atoms with Gasteiger partial charge in [0.2, 0.25) is 0 Å². The van der Waals surface area contributed by atoms with Crippen LogP contribution in [0.2, 0.25) is 0 Å². The Morgan fingerprint density at radius 2 is 1.67 bits per heavy atom. The number of rotatable bonds is 1. The van der Waals surface area contributed by atoms with Crippen LogP contribution in [0.3, 0.4) is 0 Å². The number of piperidine rings is 1. The highest BCUT2D eigenvalue weighted by Crippen LogP contribution is 2.26. The minimum absolute atomic E-state index is 0.763. The number of nitrogens with zero attached hydrogens (tertiary/aromatic N) is 2. The maximum Gasteiger partial charge on any atom is 0.0270 e. The van der Waals surface area contributed by atoms with Crippen molar-refractivity contribution in [3.8, 4) is 0 Å². The molecule has 2 nitrogen and oxygen atoms in total. The minimum atomic E-state index is 0.763. The Morgan fingerprint density at radius 3 is 2.20 bits per heavy atom. The Hall–Kier alpha value is -0.890. The highest BCUT2D eigenvalue weighted by Gasteiger charge is 2.17. The zero-order valence-electron chi connectivity index (χ0n) is 10.1. The first-order valence-corrected chi connectivity index (χ1v) is 5.95. The number of pyridine rings is 1. The first-order chi connectivity index (χ1) is 7.36. The van der Waals surface area contributed by atoms with Crippen molar-refractivity contribution in [3.63, 3.8) is 0 Å². The summed E-state index contributed by atoms with van der Waals surface area (Å²) >= 11 is 0. The summed E-state index contributed by atoms with van der Waals surface area (Å²) in [6.07, 6.45) is 6.38. The SMILES string of the molecule is CC.CN1CCC(c2ccncc2)CC1. The highest BCUT2D eigenvalue weighted by molar-refractivity contribution is 5.16. The number of hydrogen-bond acceptors (Lipinski definition) is 2. The highest BCUT2D eigenvalue weighted by atomic mass is 15.1. The summed E-state index contributed by atoms with van der Waals surface area (Å²) in [5.41, 5.74) is 1.46. The second-order valence-corrected chi connectivity index (χ2v) is 3.86. The molecule has 1 aliphatic rings. The lowest BCUT2D eigenvalue weighted by atomic mass is 9.90. The second kappa shape index (κ2) is 6.57. The molecular formula is C13H22N2. The number of hydrogen-bond donors (Lipinski definition) is 0. The van der Waals surface area contributed by atoms with Crippen molar-refractivity contribution in [2.24, 2.45) is 0 Å². The molecule has 0 N–H and O–H groups in total. The van der Waals surface area contributed by atoms with Crippen molar-refractivity contribution in [2.75, 3.05) is 20.1 Å². The van der Waals surface area contributed by atoms with E-state index < -0.39 is 0 Å². The van der Waals surface area contributed by atoms with E-state index >= 15 is 0 Å². The summed E-state index contributed by atoms with van der Waals surface area (Å²) in [6.45, 7) is 6.46. The maximum atomic E-state index is 4.04. The number of likely N-dealkylation sites (tertiary alicyclic amines) is 1. The first-order valence-electron chi connectivity index (χ1n) is 5.95. The van der Waals surface area contributed by atoms with Gasteiger partial charge in [-0.05, 0) is 56.6 Å². The van der Waals surface area contributed by atoms with E-state index in [1.807, 2.05) is 26.2 Å². The van der Waals surface area contributed by atoms with E-state index in [0.29, 0.717) is 0 Å². The summed E-state index contributed by atoms with van der Waals surface area (Å²) in [4.78, 5) is 6.45. The molecule has 0 aliphatic carbocycles. The standard InChI is InChI=1S/C11H16N2.C2H6/c1-13-8-4-11(5-9-13)10-2-6-12-7-3-10;1-2/h2-3,6-7,11H,4-5,8-9H2,1H3;1-2H3. The average Bonchev–Trinajstić information content (AvgIpc) is 2.34. The van der Waals surface area contributed by atoms with Crippen molar-refractivity contribution < 1.29 is 0 Å². The van der Waals surface area contributed by atoms with E-state index in [4.69, 9.17) is 0 Å². The normalized spacial score (nSPS) is 18.1. The fourth-order valence-electron chi connectivity index (χ4n) is 1.98. The van der Waals surface area contributed by atoms with Crippen LogP contribution in [0.15, 0.2) is 24.5 Å². The molecule has 1 aliphatic heterocycles. The lowest BCUT2D eigenvalue weighted by Crippen LogP contribution is -2.29. The smallest absolute Gasteiger partial charge is 0.0270 e. The van der Waals surface area contributed by atoms with E-state index in [1.54, 1.807) is 0 Å². The molecule has 2 heteroatoms. The third kappa shape index (κ3) is 3.63. The van der Waals surface area contributed by atoms with Crippen molar-refractivity contribution in [3.05, 3.63) is 30.1 Å². The quantitative estimate of drug-likeness (QED) is 0.702. The van der Waals surface area contributed by atoms with E-state index in [1.165, 1.54) is 31.5 Å². The third-order valence-electron chi connectivity index (χ3n) is 2.90. The molecule has 1 aromatic rings. The molecule has 0 atom stereocenters. The zero-order chi connectivity index (χ0) is 11.1. The van der Waals surface area contributed by atoms with Crippen molar-refractivity contribution >= 4 is 0 Å². The molecule has 1 saturated heterocycles. The van der Waals surface area contributed by atoms with Gasteiger partial charge in [0, 0.05) is 12.4 Å². The van der Waals surface area contributed by atoms with Crippen LogP contribution in [-0.2, 0) is 0 Å². The van der Waals surface area contributed by atoms with Gasteiger partial charge in [0.25, 0.3) is 0 Å². The van der Waals surface area contributed by atoms with Crippen LogP contribution in [0, 0.1) is 0 Å². The second-order valence-electron chi connectivity index (χ2n) is 3.86. The van der Waals surface area contributed by atoms with Gasteiger partial charge in [0.1, 0.15) is 0 Å². The van der Waals surface area contributed by atoms with Crippen LogP contribution < -0.4 is 0 Å². The van der Waals surface area contributed by atoms with E-state index in [-0.39, 0.29) is 0 Å². The Balaban J connectivity index is 0.000000531. The molecule has 0 saturated carbocycles. The Bertz CT molecular complexity index is 250. The molecule has 15 heavy (non-hydrogen) atoms. The van der Waals surface area contributed by atoms with Gasteiger partial charge in [-0.25, -0.2) is 0 Å². The Labute approximate surface area is 93.3 Å². The monoisotopic (exact) mass is 206 g/mol. The zero-order valence-corrected chi connectivity index (χ0v) is 10.1. The lowest BCUT2D eigenvalue weighted by molar-refractivity contribution is 0.255. The van der Waals surface area contributed by atoms with Gasteiger partial charge in [-0.3, -0.25) is 4.98 Å². The van der Waals surface area contributed by atoms with Gasteiger partial charge in [-0.1, -0.05) is 13.8 Å². The summed E-state index contributed by atoms with van der Waals surface area (Å²) in [5.74, 6) is 0.763. The Morgan fingerprint density at radius 1 is 1.13 bits per heavy atom. The first kappa shape index (κ1) is 12.2. The van der Waals surface area contributed by atoms with Crippen LogP contribution >= 0.6 is 0 Å². The van der Waals surface area contributed by atoms with Crippen LogP contribution in [0.25, 0.3) is 0 Å². The molecule has 1 aromatic heterocycles. The maximum absolute atomic E-state index is 4.04. The third-order valence-corrected chi connectivity index (χ3v) is 2.90. The average molecular weight is 206 g/mol. The Kier molecular flexibility index (Phi) is 5.33. The van der Waals surface area contributed by atoms with Crippen LogP contribution in [0.4, 0.5) is 0 Å². The molecule has 84 valence electrons. The summed E-state index contributed by atoms with van der Waals surface area (Å²) in [5, 5.41) is 0. The topological polar surface area (TPSA) is 16.1 Å². The lowest BCUT2D eigenvalue weighted by Gasteiger charge is -2.28. The molecule has 0 bridgehead atoms. The van der Waals surface area contributed by atoms with Crippen molar-refractivity contribution in [1.29, 1.82) is 0 Å². The van der Waals surface area contributed by atoms with Gasteiger partial charge < -0.3 is 4.90 Å². The largest absolute Gasteiger partial charge is 0.306 e. The van der Waals surface area contributed by atoms with Crippen molar-refractivity contribution in [1.82, 2.24) is 9.88 Å². The fourth-order valence-corrected chi connectivity index (χ4v) is 1.98. The predicted octanol–water partition coefficient (Wildman–Crippen LogP) is 2.92. The fraction of sp³-hybridized carbons (Fsp3) is 0.615. The molecule has 2 heterocycles. The van der Waals surface area contributed by atoms with Gasteiger partial charge >= 0.3 is 0 Å². The molecule has 0 aromatic carbocycles.